The number of nitrogens with zero attached hydrogens (tertiary/aromatic N) is 4. The number of likely N-dealkylation sites (N-methyl/N-ethyl adjacent to an activating group) is 1. The van der Waals surface area contributed by atoms with Gasteiger partial charge in [0.2, 0.25) is 0 Å². The highest BCUT2D eigenvalue weighted by Gasteiger charge is 2.47. The number of hydrogen-bond acceptors (Lipinski definition) is 6. The van der Waals surface area contributed by atoms with Gasteiger partial charge in [0.1, 0.15) is 17.5 Å². The van der Waals surface area contributed by atoms with E-state index in [1.165, 1.54) is 19.2 Å². The molecule has 0 fully saturated rings. The van der Waals surface area contributed by atoms with Crippen LogP contribution in [0.5, 0.6) is 0 Å². The van der Waals surface area contributed by atoms with Gasteiger partial charge < -0.3 is 4.90 Å². The Hall–Kier alpha value is -2.82. The summed E-state index contributed by atoms with van der Waals surface area (Å²) in [6, 6.07) is 2.45. The van der Waals surface area contributed by atoms with Gasteiger partial charge >= 0.3 is 11.9 Å². The van der Waals surface area contributed by atoms with Gasteiger partial charge in [-0.05, 0) is 12.1 Å². The lowest BCUT2D eigenvalue weighted by atomic mass is 10.0. The molecule has 2 rings (SSSR count). The number of Topliss-reactive ketones (excluding diaryl/α,β-unsaturated/α-hetero) is 1. The Bertz CT molecular complexity index is 619. The molecule has 18 heavy (non-hydrogen) atoms. The van der Waals surface area contributed by atoms with Gasteiger partial charge in [0, 0.05) is 12.0 Å². The van der Waals surface area contributed by atoms with Crippen molar-refractivity contribution in [3.63, 3.8) is 0 Å². The van der Waals surface area contributed by atoms with Crippen molar-refractivity contribution in [3.05, 3.63) is 33.6 Å². The minimum Gasteiger partial charge on any atom is -0.307 e. The normalized spacial score (nSPS) is 18.2. The van der Waals surface area contributed by atoms with Crippen molar-refractivity contribution >= 4 is 17.4 Å². The number of anilines is 1. The highest BCUT2D eigenvalue weighted by molar-refractivity contribution is 6.22. The molecular weight excluding hydrogens is 240 g/mol. The fraction of sp³-hybridized carbons (Fsp3) is 0.200. The van der Waals surface area contributed by atoms with Crippen LogP contribution >= 0.6 is 0 Å². The molecule has 0 aliphatic carbocycles. The van der Waals surface area contributed by atoms with E-state index in [1.54, 1.807) is 6.07 Å². The van der Waals surface area contributed by atoms with Gasteiger partial charge in [0.25, 0.3) is 5.78 Å². The molecule has 1 aromatic rings. The third-order valence-electron chi connectivity index (χ3n) is 2.61. The molecule has 8 heteroatoms. The molecule has 1 unspecified atom stereocenters. The number of ketones is 1. The van der Waals surface area contributed by atoms with E-state index in [4.69, 9.17) is 5.26 Å². The zero-order valence-corrected chi connectivity index (χ0v) is 9.15. The Morgan fingerprint density at radius 1 is 1.50 bits per heavy atom. The van der Waals surface area contributed by atoms with Crippen molar-refractivity contribution < 1.29 is 14.5 Å². The summed E-state index contributed by atoms with van der Waals surface area (Å²) in [7, 11) is 1.32. The maximum atomic E-state index is 11.8. The molecule has 0 bridgehead atoms. The van der Waals surface area contributed by atoms with E-state index in [1.807, 2.05) is 0 Å². The maximum absolute atomic E-state index is 11.8. The second-order valence-electron chi connectivity index (χ2n) is 3.63. The van der Waals surface area contributed by atoms with Crippen LogP contribution < -0.4 is 4.90 Å². The summed E-state index contributed by atoms with van der Waals surface area (Å²) in [5.74, 6) is -1.90. The van der Waals surface area contributed by atoms with Crippen molar-refractivity contribution in [1.29, 1.82) is 5.26 Å². The number of hydrogen-bond donors (Lipinski definition) is 0. The van der Waals surface area contributed by atoms with E-state index in [9.17, 15) is 19.7 Å². The molecule has 0 aromatic carbocycles. The Labute approximate surface area is 101 Å². The van der Waals surface area contributed by atoms with Gasteiger partial charge in [-0.1, -0.05) is 0 Å². The average Bonchev–Trinajstić information content (AvgIpc) is 2.35. The molecular formula is C10H6N4O4. The number of carbonyl (C=O) groups is 2. The molecule has 1 atom stereocenters. The summed E-state index contributed by atoms with van der Waals surface area (Å²) in [5.41, 5.74) is -0.0908. The predicted molar refractivity (Wildman–Crippen MR) is 57.5 cm³/mol. The van der Waals surface area contributed by atoms with Crippen LogP contribution in [0.1, 0.15) is 16.2 Å². The van der Waals surface area contributed by atoms with Crippen molar-refractivity contribution in [2.75, 3.05) is 11.9 Å². The van der Waals surface area contributed by atoms with Crippen LogP contribution in [0.15, 0.2) is 12.1 Å². The number of nitriles is 1. The van der Waals surface area contributed by atoms with Gasteiger partial charge in [-0.2, -0.15) is 5.26 Å². The summed E-state index contributed by atoms with van der Waals surface area (Å²) >= 11 is 0. The SMILES string of the molecule is CN1C(=O)C([N+](=O)[O-])C(=O)c2nc(C#N)ccc21. The van der Waals surface area contributed by atoms with Crippen molar-refractivity contribution in [3.8, 4) is 6.07 Å². The Morgan fingerprint density at radius 2 is 2.17 bits per heavy atom. The largest absolute Gasteiger partial charge is 0.353 e. The van der Waals surface area contributed by atoms with Crippen LogP contribution in [-0.4, -0.2) is 34.7 Å². The van der Waals surface area contributed by atoms with Crippen LogP contribution in [0, 0.1) is 21.4 Å². The summed E-state index contributed by atoms with van der Waals surface area (Å²) in [6.07, 6.45) is 0. The van der Waals surface area contributed by atoms with E-state index >= 15 is 0 Å². The molecule has 0 saturated carbocycles. The van der Waals surface area contributed by atoms with E-state index in [0.717, 1.165) is 4.90 Å². The van der Waals surface area contributed by atoms with Crippen LogP contribution in [-0.2, 0) is 4.79 Å². The molecule has 0 N–H and O–H groups in total. The zero-order chi connectivity index (χ0) is 13.4. The Morgan fingerprint density at radius 3 is 2.72 bits per heavy atom. The minimum atomic E-state index is -1.98. The lowest BCUT2D eigenvalue weighted by molar-refractivity contribution is -0.491. The highest BCUT2D eigenvalue weighted by Crippen LogP contribution is 2.26. The molecule has 90 valence electrons. The highest BCUT2D eigenvalue weighted by atomic mass is 16.6. The van der Waals surface area contributed by atoms with Crippen molar-refractivity contribution in [1.82, 2.24) is 4.98 Å². The lowest BCUT2D eigenvalue weighted by Crippen LogP contribution is -2.50. The molecule has 0 radical (unpaired) electrons. The average molecular weight is 246 g/mol. The third kappa shape index (κ3) is 1.49. The standard InChI is InChI=1S/C10H6N4O4/c1-13-6-3-2-5(4-11)12-7(6)9(15)8(10(13)16)14(17)18/h2-3,8H,1H3. The molecule has 0 saturated heterocycles. The number of aromatic nitrogens is 1. The molecule has 1 amide bonds. The minimum absolute atomic E-state index is 0.0352. The smallest absolute Gasteiger partial charge is 0.307 e. The molecule has 0 spiro atoms. The fourth-order valence-corrected chi connectivity index (χ4v) is 1.70. The van der Waals surface area contributed by atoms with Crippen LogP contribution in [0.3, 0.4) is 0 Å². The van der Waals surface area contributed by atoms with Gasteiger partial charge in [-0.3, -0.25) is 19.7 Å². The maximum Gasteiger partial charge on any atom is 0.353 e. The van der Waals surface area contributed by atoms with Crippen LogP contribution in [0.25, 0.3) is 0 Å². The summed E-state index contributed by atoms with van der Waals surface area (Å²) in [4.78, 5) is 38.0. The summed E-state index contributed by atoms with van der Waals surface area (Å²) in [5, 5.41) is 19.4. The molecule has 1 aliphatic heterocycles. The number of carbonyl (C=O) groups excluding carboxylic acids is 2. The lowest BCUT2D eigenvalue weighted by Gasteiger charge is -2.25. The number of fused-ring (bicyclic) bond motifs is 1. The van der Waals surface area contributed by atoms with Crippen LogP contribution in [0.4, 0.5) is 5.69 Å². The van der Waals surface area contributed by atoms with E-state index in [2.05, 4.69) is 4.98 Å². The summed E-state index contributed by atoms with van der Waals surface area (Å²) < 4.78 is 0. The fourth-order valence-electron chi connectivity index (χ4n) is 1.70. The van der Waals surface area contributed by atoms with Crippen LogP contribution in [0.2, 0.25) is 0 Å². The monoisotopic (exact) mass is 246 g/mol. The first-order valence-corrected chi connectivity index (χ1v) is 4.83. The Balaban J connectivity index is 2.65. The molecule has 2 heterocycles. The third-order valence-corrected chi connectivity index (χ3v) is 2.61. The number of amides is 1. The Kier molecular flexibility index (Phi) is 2.52. The first kappa shape index (κ1) is 11.7. The van der Waals surface area contributed by atoms with Gasteiger partial charge in [0.05, 0.1) is 5.69 Å². The number of pyridine rings is 1. The van der Waals surface area contributed by atoms with Crippen molar-refractivity contribution in [2.45, 2.75) is 6.04 Å². The van der Waals surface area contributed by atoms with E-state index < -0.39 is 22.7 Å². The van der Waals surface area contributed by atoms with Crippen molar-refractivity contribution in [2.24, 2.45) is 0 Å². The second-order valence-corrected chi connectivity index (χ2v) is 3.63. The van der Waals surface area contributed by atoms with E-state index in [0.29, 0.717) is 0 Å². The quantitative estimate of drug-likeness (QED) is 0.383. The number of nitro groups is 1. The first-order chi connectivity index (χ1) is 8.47. The van der Waals surface area contributed by atoms with Gasteiger partial charge in [-0.25, -0.2) is 4.98 Å². The van der Waals surface area contributed by atoms with Gasteiger partial charge in [0.15, 0.2) is 0 Å². The van der Waals surface area contributed by atoms with Gasteiger partial charge in [-0.15, -0.1) is 0 Å². The zero-order valence-electron chi connectivity index (χ0n) is 9.15. The number of rotatable bonds is 1. The molecule has 1 aromatic heterocycles. The predicted octanol–water partition coefficient (Wildman–Crippen LogP) is -0.242. The summed E-state index contributed by atoms with van der Waals surface area (Å²) in [6.45, 7) is 0. The first-order valence-electron chi connectivity index (χ1n) is 4.83. The van der Waals surface area contributed by atoms with E-state index in [-0.39, 0.29) is 17.1 Å². The molecule has 8 nitrogen and oxygen atoms in total. The molecule has 1 aliphatic rings. The second kappa shape index (κ2) is 3.89. The topological polar surface area (TPSA) is 117 Å².